The van der Waals surface area contributed by atoms with Crippen molar-refractivity contribution in [3.05, 3.63) is 94.5 Å². The molecule has 0 saturated heterocycles. The minimum Gasteiger partial charge on any atom is -0.497 e. The third-order valence-electron chi connectivity index (χ3n) is 6.87. The number of hydrogen-bond donors (Lipinski definition) is 1. The number of nitrogens with one attached hydrogen (secondary N) is 1. The molecule has 0 aromatic heterocycles. The lowest BCUT2D eigenvalue weighted by atomic mass is 10.0. The molecule has 0 aliphatic rings. The van der Waals surface area contributed by atoms with Crippen molar-refractivity contribution < 1.29 is 22.7 Å². The van der Waals surface area contributed by atoms with Crippen LogP contribution in [0, 0.1) is 6.92 Å². The van der Waals surface area contributed by atoms with Gasteiger partial charge in [-0.2, -0.15) is 0 Å². The smallest absolute Gasteiger partial charge is 0.244 e. The number of sulfonamides is 1. The average Bonchev–Trinajstić information content (AvgIpc) is 2.93. The molecule has 0 heterocycles. The minimum absolute atomic E-state index is 0.0681. The standard InChI is InChI=1S/C31H38ClN3O5S/c1-6-23(3)33-31(37)29(19-24-11-8-7-9-12-24)34(20-25-13-10-14-27(18-25)40-4)30(36)21-35(41(5,38)39)28-16-15-26(32)17-22(28)2/h7-18,23,29H,6,19-21H2,1-5H3,(H,33,37)/t23-,29-/m0/s1. The number of nitrogens with zero attached hydrogens (tertiary/aromatic N) is 2. The summed E-state index contributed by atoms with van der Waals surface area (Å²) in [4.78, 5) is 29.4. The number of anilines is 1. The Kier molecular flexibility index (Phi) is 11.2. The molecule has 8 nitrogen and oxygen atoms in total. The fourth-order valence-corrected chi connectivity index (χ4v) is 5.59. The molecule has 2 amide bonds. The molecule has 3 aromatic rings. The van der Waals surface area contributed by atoms with Crippen LogP contribution in [0.3, 0.4) is 0 Å². The first kappa shape index (κ1) is 32.0. The normalized spacial score (nSPS) is 12.7. The molecule has 41 heavy (non-hydrogen) atoms. The van der Waals surface area contributed by atoms with Crippen LogP contribution in [0.5, 0.6) is 5.75 Å². The van der Waals surface area contributed by atoms with E-state index in [1.54, 1.807) is 44.4 Å². The van der Waals surface area contributed by atoms with Crippen LogP contribution in [0.25, 0.3) is 0 Å². The monoisotopic (exact) mass is 599 g/mol. The molecule has 3 rings (SSSR count). The van der Waals surface area contributed by atoms with E-state index < -0.39 is 28.5 Å². The Bertz CT molecular complexity index is 1450. The summed E-state index contributed by atoms with van der Waals surface area (Å²) < 4.78 is 32.4. The van der Waals surface area contributed by atoms with Crippen molar-refractivity contribution in [3.63, 3.8) is 0 Å². The maximum Gasteiger partial charge on any atom is 0.244 e. The molecule has 0 bridgehead atoms. The molecule has 0 aliphatic carbocycles. The van der Waals surface area contributed by atoms with Crippen LogP contribution in [-0.2, 0) is 32.6 Å². The van der Waals surface area contributed by atoms with Crippen LogP contribution in [0.2, 0.25) is 5.02 Å². The van der Waals surface area contributed by atoms with E-state index in [2.05, 4.69) is 5.32 Å². The Morgan fingerprint density at radius 3 is 2.29 bits per heavy atom. The van der Waals surface area contributed by atoms with Crippen molar-refractivity contribution in [2.75, 3.05) is 24.2 Å². The van der Waals surface area contributed by atoms with E-state index in [9.17, 15) is 18.0 Å². The van der Waals surface area contributed by atoms with Gasteiger partial charge in [0.15, 0.2) is 0 Å². The summed E-state index contributed by atoms with van der Waals surface area (Å²) in [7, 11) is -2.32. The van der Waals surface area contributed by atoms with Crippen molar-refractivity contribution in [2.45, 2.75) is 52.2 Å². The first-order chi connectivity index (χ1) is 19.4. The minimum atomic E-state index is -3.87. The molecular formula is C31H38ClN3O5S. The summed E-state index contributed by atoms with van der Waals surface area (Å²) in [6, 6.07) is 20.5. The van der Waals surface area contributed by atoms with Crippen LogP contribution in [0.4, 0.5) is 5.69 Å². The van der Waals surface area contributed by atoms with Gasteiger partial charge in [0.2, 0.25) is 21.8 Å². The number of carbonyl (C=O) groups excluding carboxylic acids is 2. The largest absolute Gasteiger partial charge is 0.497 e. The number of carbonyl (C=O) groups is 2. The molecule has 0 aliphatic heterocycles. The van der Waals surface area contributed by atoms with Crippen LogP contribution in [-0.4, -0.2) is 57.1 Å². The Labute approximate surface area is 248 Å². The second kappa shape index (κ2) is 14.4. The Morgan fingerprint density at radius 1 is 1.00 bits per heavy atom. The van der Waals surface area contributed by atoms with E-state index in [4.69, 9.17) is 16.3 Å². The summed E-state index contributed by atoms with van der Waals surface area (Å²) >= 11 is 6.12. The van der Waals surface area contributed by atoms with E-state index in [0.29, 0.717) is 28.4 Å². The highest BCUT2D eigenvalue weighted by molar-refractivity contribution is 7.92. The van der Waals surface area contributed by atoms with Crippen molar-refractivity contribution in [1.82, 2.24) is 10.2 Å². The van der Waals surface area contributed by atoms with Gasteiger partial charge in [-0.3, -0.25) is 13.9 Å². The number of methoxy groups -OCH3 is 1. The number of hydrogen-bond acceptors (Lipinski definition) is 5. The quantitative estimate of drug-likeness (QED) is 0.299. The van der Waals surface area contributed by atoms with Gasteiger partial charge in [-0.05, 0) is 67.3 Å². The van der Waals surface area contributed by atoms with Gasteiger partial charge in [0.25, 0.3) is 0 Å². The highest BCUT2D eigenvalue weighted by Crippen LogP contribution is 2.26. The number of amides is 2. The highest BCUT2D eigenvalue weighted by Gasteiger charge is 2.33. The van der Waals surface area contributed by atoms with Crippen LogP contribution in [0.15, 0.2) is 72.8 Å². The highest BCUT2D eigenvalue weighted by atomic mass is 35.5. The maximum atomic E-state index is 14.2. The summed E-state index contributed by atoms with van der Waals surface area (Å²) in [5, 5.41) is 3.47. The first-order valence-electron chi connectivity index (χ1n) is 13.4. The van der Waals surface area contributed by atoms with Gasteiger partial charge >= 0.3 is 0 Å². The maximum absolute atomic E-state index is 14.2. The predicted octanol–water partition coefficient (Wildman–Crippen LogP) is 4.98. The predicted molar refractivity (Wildman–Crippen MR) is 164 cm³/mol. The number of ether oxygens (including phenoxy) is 1. The zero-order valence-corrected chi connectivity index (χ0v) is 25.7. The number of rotatable bonds is 13. The third-order valence-corrected chi connectivity index (χ3v) is 8.23. The van der Waals surface area contributed by atoms with Crippen molar-refractivity contribution >= 4 is 39.1 Å². The summed E-state index contributed by atoms with van der Waals surface area (Å²) in [5.74, 6) is -0.228. The Balaban J connectivity index is 2.09. The molecule has 0 fully saturated rings. The lowest BCUT2D eigenvalue weighted by Crippen LogP contribution is -2.54. The van der Waals surface area contributed by atoms with Gasteiger partial charge in [-0.1, -0.05) is 61.0 Å². The topological polar surface area (TPSA) is 96.0 Å². The van der Waals surface area contributed by atoms with Gasteiger partial charge in [-0.25, -0.2) is 8.42 Å². The van der Waals surface area contributed by atoms with Gasteiger partial charge in [0.05, 0.1) is 19.1 Å². The molecule has 0 unspecified atom stereocenters. The van der Waals surface area contributed by atoms with Gasteiger partial charge < -0.3 is 15.0 Å². The van der Waals surface area contributed by atoms with Gasteiger partial charge in [-0.15, -0.1) is 0 Å². The van der Waals surface area contributed by atoms with Crippen molar-refractivity contribution in [3.8, 4) is 5.75 Å². The zero-order valence-electron chi connectivity index (χ0n) is 24.1. The number of benzene rings is 3. The summed E-state index contributed by atoms with van der Waals surface area (Å²) in [6.07, 6.45) is 2.01. The van der Waals surface area contributed by atoms with E-state index in [1.165, 1.54) is 4.90 Å². The SMILES string of the molecule is CC[C@H](C)NC(=O)[C@H](Cc1ccccc1)N(Cc1cccc(OC)c1)C(=O)CN(c1ccc(Cl)cc1C)S(C)(=O)=O. The second-order valence-electron chi connectivity index (χ2n) is 10.1. The summed E-state index contributed by atoms with van der Waals surface area (Å²) in [6.45, 7) is 5.18. The zero-order chi connectivity index (χ0) is 30.2. The van der Waals surface area contributed by atoms with E-state index in [0.717, 1.165) is 21.7 Å². The van der Waals surface area contributed by atoms with Crippen LogP contribution < -0.4 is 14.4 Å². The fourth-order valence-electron chi connectivity index (χ4n) is 4.46. The molecule has 1 N–H and O–H groups in total. The van der Waals surface area contributed by atoms with Crippen LogP contribution >= 0.6 is 11.6 Å². The lowest BCUT2D eigenvalue weighted by molar-refractivity contribution is -0.140. The molecule has 220 valence electrons. The Morgan fingerprint density at radius 2 is 1.68 bits per heavy atom. The van der Waals surface area contributed by atoms with E-state index in [-0.39, 0.29) is 24.9 Å². The first-order valence-corrected chi connectivity index (χ1v) is 15.7. The molecule has 0 spiro atoms. The molecular weight excluding hydrogens is 562 g/mol. The van der Waals surface area contributed by atoms with E-state index >= 15 is 0 Å². The van der Waals surface area contributed by atoms with Gasteiger partial charge in [0, 0.05) is 24.0 Å². The second-order valence-corrected chi connectivity index (χ2v) is 12.4. The number of halogens is 1. The molecule has 3 aromatic carbocycles. The van der Waals surface area contributed by atoms with Crippen molar-refractivity contribution in [1.29, 1.82) is 0 Å². The lowest BCUT2D eigenvalue weighted by Gasteiger charge is -2.34. The molecule has 0 saturated carbocycles. The number of aryl methyl sites for hydroxylation is 1. The molecule has 0 radical (unpaired) electrons. The fraction of sp³-hybridized carbons (Fsp3) is 0.355. The molecule has 10 heteroatoms. The Hall–Kier alpha value is -3.56. The van der Waals surface area contributed by atoms with Crippen molar-refractivity contribution in [2.24, 2.45) is 0 Å². The van der Waals surface area contributed by atoms with E-state index in [1.807, 2.05) is 56.3 Å². The average molecular weight is 600 g/mol. The summed E-state index contributed by atoms with van der Waals surface area (Å²) in [5.41, 5.74) is 2.55. The third kappa shape index (κ3) is 8.96. The molecule has 2 atom stereocenters. The van der Waals surface area contributed by atoms with Crippen LogP contribution in [0.1, 0.15) is 37.0 Å². The van der Waals surface area contributed by atoms with Gasteiger partial charge in [0.1, 0.15) is 18.3 Å².